The minimum absolute atomic E-state index is 0.0498. The molecule has 4 nitrogen and oxygen atoms in total. The lowest BCUT2D eigenvalue weighted by Gasteiger charge is -2.23. The summed E-state index contributed by atoms with van der Waals surface area (Å²) in [7, 11) is 1.42. The van der Waals surface area contributed by atoms with Gasteiger partial charge in [0, 0.05) is 5.41 Å². The van der Waals surface area contributed by atoms with Crippen LogP contribution in [0.5, 0.6) is 11.5 Å². The first kappa shape index (κ1) is 12.3. The number of rotatable bonds is 3. The predicted octanol–water partition coefficient (Wildman–Crippen LogP) is 1.54. The van der Waals surface area contributed by atoms with Gasteiger partial charge in [-0.25, -0.2) is 0 Å². The van der Waals surface area contributed by atoms with Crippen LogP contribution in [0.25, 0.3) is 0 Å². The van der Waals surface area contributed by atoms with E-state index in [4.69, 9.17) is 10.00 Å². The fourth-order valence-electron chi connectivity index (χ4n) is 1.33. The zero-order valence-corrected chi connectivity index (χ0v) is 9.61. The number of aliphatic hydroxyl groups is 1. The van der Waals surface area contributed by atoms with E-state index in [0.717, 1.165) is 5.56 Å². The summed E-state index contributed by atoms with van der Waals surface area (Å²) >= 11 is 0. The Morgan fingerprint density at radius 1 is 1.44 bits per heavy atom. The van der Waals surface area contributed by atoms with E-state index in [9.17, 15) is 10.2 Å². The topological polar surface area (TPSA) is 73.5 Å². The molecule has 0 heterocycles. The Morgan fingerprint density at radius 3 is 2.50 bits per heavy atom. The lowest BCUT2D eigenvalue weighted by molar-refractivity contribution is 0.218. The van der Waals surface area contributed by atoms with Gasteiger partial charge in [-0.2, -0.15) is 5.26 Å². The molecule has 2 N–H and O–H groups in total. The van der Waals surface area contributed by atoms with Crippen LogP contribution in [-0.2, 0) is 5.41 Å². The first-order chi connectivity index (χ1) is 7.46. The molecule has 0 unspecified atom stereocenters. The Labute approximate surface area is 94.7 Å². The van der Waals surface area contributed by atoms with E-state index in [2.05, 4.69) is 0 Å². The predicted molar refractivity (Wildman–Crippen MR) is 59.5 cm³/mol. The van der Waals surface area contributed by atoms with Crippen molar-refractivity contribution in [1.82, 2.24) is 0 Å². The van der Waals surface area contributed by atoms with Gasteiger partial charge in [-0.05, 0) is 17.7 Å². The average molecular weight is 221 g/mol. The van der Waals surface area contributed by atoms with E-state index in [1.165, 1.54) is 7.11 Å². The van der Waals surface area contributed by atoms with Crippen LogP contribution in [0.2, 0.25) is 0 Å². The largest absolute Gasteiger partial charge is 0.503 e. The molecule has 0 bridgehead atoms. The van der Waals surface area contributed by atoms with Crippen LogP contribution in [-0.4, -0.2) is 23.9 Å². The van der Waals surface area contributed by atoms with Gasteiger partial charge in [0.2, 0.25) is 0 Å². The molecule has 1 aromatic rings. The fraction of sp³-hybridized carbons (Fsp3) is 0.417. The van der Waals surface area contributed by atoms with Gasteiger partial charge in [-0.3, -0.25) is 0 Å². The molecule has 86 valence electrons. The summed E-state index contributed by atoms with van der Waals surface area (Å²) < 4.78 is 4.99. The second-order valence-corrected chi connectivity index (χ2v) is 4.23. The van der Waals surface area contributed by atoms with Gasteiger partial charge in [-0.1, -0.05) is 13.8 Å². The summed E-state index contributed by atoms with van der Waals surface area (Å²) in [5.41, 5.74) is 0.420. The number of hydrogen-bond acceptors (Lipinski definition) is 4. The minimum Gasteiger partial charge on any atom is -0.503 e. The van der Waals surface area contributed by atoms with Crippen molar-refractivity contribution in [2.45, 2.75) is 19.3 Å². The Kier molecular flexibility index (Phi) is 3.41. The monoisotopic (exact) mass is 221 g/mol. The van der Waals surface area contributed by atoms with Crippen LogP contribution >= 0.6 is 0 Å². The standard InChI is InChI=1S/C12H15NO3/c1-12(2,7-14)9-4-8(6-13)11(15)10(5-9)16-3/h4-5,14-15H,7H2,1-3H3. The number of phenolic OH excluding ortho intramolecular Hbond substituents is 1. The summed E-state index contributed by atoms with van der Waals surface area (Å²) in [4.78, 5) is 0. The smallest absolute Gasteiger partial charge is 0.175 e. The summed E-state index contributed by atoms with van der Waals surface area (Å²) in [5, 5.41) is 27.8. The Balaban J connectivity index is 3.40. The normalized spacial score (nSPS) is 10.9. The summed E-state index contributed by atoms with van der Waals surface area (Å²) in [6, 6.07) is 5.09. The Hall–Kier alpha value is -1.73. The lowest BCUT2D eigenvalue weighted by Crippen LogP contribution is -2.22. The number of benzene rings is 1. The highest BCUT2D eigenvalue weighted by Gasteiger charge is 2.23. The molecular weight excluding hydrogens is 206 g/mol. The minimum atomic E-state index is -0.480. The Bertz CT molecular complexity index is 433. The maximum Gasteiger partial charge on any atom is 0.175 e. The number of nitrogens with zero attached hydrogens (tertiary/aromatic N) is 1. The first-order valence-corrected chi connectivity index (χ1v) is 4.88. The van der Waals surface area contributed by atoms with Crippen LogP contribution in [0.1, 0.15) is 25.0 Å². The molecule has 0 saturated heterocycles. The van der Waals surface area contributed by atoms with Crippen molar-refractivity contribution >= 4 is 0 Å². The number of aliphatic hydroxyl groups excluding tert-OH is 1. The van der Waals surface area contributed by atoms with E-state index >= 15 is 0 Å². The number of phenols is 1. The molecule has 16 heavy (non-hydrogen) atoms. The van der Waals surface area contributed by atoms with Gasteiger partial charge in [0.05, 0.1) is 19.3 Å². The molecule has 0 atom stereocenters. The van der Waals surface area contributed by atoms with Gasteiger partial charge >= 0.3 is 0 Å². The third-order valence-electron chi connectivity index (χ3n) is 2.59. The molecule has 0 amide bonds. The van der Waals surface area contributed by atoms with Crippen molar-refractivity contribution in [2.75, 3.05) is 13.7 Å². The van der Waals surface area contributed by atoms with Crippen LogP contribution in [0, 0.1) is 11.3 Å². The molecule has 0 aliphatic rings. The zero-order chi connectivity index (χ0) is 12.3. The molecule has 0 aliphatic heterocycles. The van der Waals surface area contributed by atoms with Crippen molar-refractivity contribution in [3.05, 3.63) is 23.3 Å². The maximum atomic E-state index is 9.64. The van der Waals surface area contributed by atoms with E-state index in [1.807, 2.05) is 19.9 Å². The molecule has 0 fully saturated rings. The van der Waals surface area contributed by atoms with Crippen molar-refractivity contribution in [3.63, 3.8) is 0 Å². The molecule has 4 heteroatoms. The molecule has 0 aromatic heterocycles. The van der Waals surface area contributed by atoms with Crippen molar-refractivity contribution < 1.29 is 14.9 Å². The quantitative estimate of drug-likeness (QED) is 0.812. The van der Waals surface area contributed by atoms with E-state index in [0.29, 0.717) is 0 Å². The van der Waals surface area contributed by atoms with Gasteiger partial charge in [-0.15, -0.1) is 0 Å². The highest BCUT2D eigenvalue weighted by molar-refractivity contribution is 5.55. The number of methoxy groups -OCH3 is 1. The summed E-state index contributed by atoms with van der Waals surface area (Å²) in [6.07, 6.45) is 0. The summed E-state index contributed by atoms with van der Waals surface area (Å²) in [5.74, 6) is 0.0815. The number of hydrogen-bond donors (Lipinski definition) is 2. The molecular formula is C12H15NO3. The van der Waals surface area contributed by atoms with E-state index in [1.54, 1.807) is 12.1 Å². The summed E-state index contributed by atoms with van der Waals surface area (Å²) in [6.45, 7) is 3.64. The average Bonchev–Trinajstić information content (AvgIpc) is 2.29. The van der Waals surface area contributed by atoms with Gasteiger partial charge in [0.15, 0.2) is 11.5 Å². The third-order valence-corrected chi connectivity index (χ3v) is 2.59. The third kappa shape index (κ3) is 2.10. The highest BCUT2D eigenvalue weighted by Crippen LogP contribution is 2.35. The van der Waals surface area contributed by atoms with Gasteiger partial charge in [0.25, 0.3) is 0 Å². The van der Waals surface area contributed by atoms with Crippen LogP contribution < -0.4 is 4.74 Å². The van der Waals surface area contributed by atoms with Crippen molar-refractivity contribution in [2.24, 2.45) is 0 Å². The molecule has 0 radical (unpaired) electrons. The molecule has 0 spiro atoms. The number of nitriles is 1. The maximum absolute atomic E-state index is 9.64. The van der Waals surface area contributed by atoms with Crippen molar-refractivity contribution in [3.8, 4) is 17.6 Å². The Morgan fingerprint density at radius 2 is 2.06 bits per heavy atom. The lowest BCUT2D eigenvalue weighted by atomic mass is 9.84. The van der Waals surface area contributed by atoms with E-state index < -0.39 is 5.41 Å². The highest BCUT2D eigenvalue weighted by atomic mass is 16.5. The molecule has 1 aromatic carbocycles. The number of aromatic hydroxyl groups is 1. The zero-order valence-electron chi connectivity index (χ0n) is 9.61. The molecule has 1 rings (SSSR count). The second-order valence-electron chi connectivity index (χ2n) is 4.23. The number of ether oxygens (including phenoxy) is 1. The SMILES string of the molecule is COc1cc(C(C)(C)CO)cc(C#N)c1O. The fourth-order valence-corrected chi connectivity index (χ4v) is 1.33. The molecule has 0 aliphatic carbocycles. The van der Waals surface area contributed by atoms with Crippen LogP contribution in [0.4, 0.5) is 0 Å². The van der Waals surface area contributed by atoms with Crippen molar-refractivity contribution in [1.29, 1.82) is 5.26 Å². The second kappa shape index (κ2) is 4.42. The van der Waals surface area contributed by atoms with Crippen LogP contribution in [0.3, 0.4) is 0 Å². The van der Waals surface area contributed by atoms with Gasteiger partial charge in [0.1, 0.15) is 6.07 Å². The first-order valence-electron chi connectivity index (χ1n) is 4.88. The van der Waals surface area contributed by atoms with Crippen LogP contribution in [0.15, 0.2) is 12.1 Å². The van der Waals surface area contributed by atoms with Gasteiger partial charge < -0.3 is 14.9 Å². The van der Waals surface area contributed by atoms with E-state index in [-0.39, 0.29) is 23.7 Å². The molecule has 0 saturated carbocycles.